The molecule has 17 heavy (non-hydrogen) atoms. The number of hydrogen-bond donors (Lipinski definition) is 0. The van der Waals surface area contributed by atoms with Crippen LogP contribution in [0.1, 0.15) is 23.2 Å². The Morgan fingerprint density at radius 1 is 1.41 bits per heavy atom. The van der Waals surface area contributed by atoms with Gasteiger partial charge in [0.1, 0.15) is 9.84 Å². The van der Waals surface area contributed by atoms with Gasteiger partial charge in [0.15, 0.2) is 5.78 Å². The monoisotopic (exact) mass is 430 g/mol. The Kier molecular flexibility index (Phi) is 5.59. The highest BCUT2D eigenvalue weighted by atomic mass is 127. The number of carbonyl (C=O) groups is 1. The van der Waals surface area contributed by atoms with Crippen LogP contribution in [0.25, 0.3) is 0 Å². The van der Waals surface area contributed by atoms with E-state index in [9.17, 15) is 13.2 Å². The number of hydrogen-bond acceptors (Lipinski definition) is 3. The number of carbonyl (C=O) groups excluding carboxylic acids is 1. The molecule has 6 heteroatoms. The summed E-state index contributed by atoms with van der Waals surface area (Å²) < 4.78 is 23.6. The SMILES string of the molecule is CS(=O)(=O)CCCC(=O)c1cc(I)ccc1Br. The van der Waals surface area contributed by atoms with Crippen LogP contribution in [0.2, 0.25) is 0 Å². The summed E-state index contributed by atoms with van der Waals surface area (Å²) in [5.74, 6) is 0.0272. The van der Waals surface area contributed by atoms with Crippen LogP contribution in [0.4, 0.5) is 0 Å². The Bertz CT molecular complexity index is 526. The van der Waals surface area contributed by atoms with E-state index in [4.69, 9.17) is 0 Å². The molecule has 0 spiro atoms. The Balaban J connectivity index is 2.67. The molecule has 0 saturated heterocycles. The van der Waals surface area contributed by atoms with E-state index in [1.165, 1.54) is 6.26 Å². The lowest BCUT2D eigenvalue weighted by Gasteiger charge is -2.04. The molecule has 0 bridgehead atoms. The molecule has 0 fully saturated rings. The molecule has 0 heterocycles. The summed E-state index contributed by atoms with van der Waals surface area (Å²) in [6, 6.07) is 5.52. The Morgan fingerprint density at radius 3 is 2.65 bits per heavy atom. The molecular weight excluding hydrogens is 419 g/mol. The van der Waals surface area contributed by atoms with Gasteiger partial charge in [-0.25, -0.2) is 8.42 Å². The zero-order valence-corrected chi connectivity index (χ0v) is 13.8. The van der Waals surface area contributed by atoms with Crippen LogP contribution in [0.3, 0.4) is 0 Å². The van der Waals surface area contributed by atoms with Crippen LogP contribution in [0, 0.1) is 3.57 Å². The summed E-state index contributed by atoms with van der Waals surface area (Å²) in [4.78, 5) is 11.9. The second kappa shape index (κ2) is 6.29. The molecule has 1 aromatic rings. The number of benzene rings is 1. The maximum absolute atomic E-state index is 11.9. The van der Waals surface area contributed by atoms with Crippen LogP contribution in [-0.2, 0) is 9.84 Å². The van der Waals surface area contributed by atoms with E-state index < -0.39 is 9.84 Å². The van der Waals surface area contributed by atoms with E-state index in [2.05, 4.69) is 38.5 Å². The zero-order chi connectivity index (χ0) is 13.1. The predicted molar refractivity (Wildman–Crippen MR) is 80.1 cm³/mol. The van der Waals surface area contributed by atoms with Crippen LogP contribution < -0.4 is 0 Å². The van der Waals surface area contributed by atoms with E-state index in [0.29, 0.717) is 12.0 Å². The molecule has 0 N–H and O–H groups in total. The number of halogens is 2. The maximum atomic E-state index is 11.9. The molecule has 0 unspecified atom stereocenters. The molecule has 1 rings (SSSR count). The summed E-state index contributed by atoms with van der Waals surface area (Å²) in [6.45, 7) is 0. The topological polar surface area (TPSA) is 51.2 Å². The van der Waals surface area contributed by atoms with Gasteiger partial charge in [0.25, 0.3) is 0 Å². The highest BCUT2D eigenvalue weighted by molar-refractivity contribution is 14.1. The van der Waals surface area contributed by atoms with Crippen LogP contribution in [0.15, 0.2) is 22.7 Å². The van der Waals surface area contributed by atoms with E-state index in [0.717, 1.165) is 8.04 Å². The first-order chi connectivity index (χ1) is 7.79. The number of ketones is 1. The van der Waals surface area contributed by atoms with Crippen LogP contribution >= 0.6 is 38.5 Å². The fourth-order valence-electron chi connectivity index (χ4n) is 1.34. The normalized spacial score (nSPS) is 11.5. The van der Waals surface area contributed by atoms with Crippen LogP contribution in [-0.4, -0.2) is 26.2 Å². The molecule has 1 aromatic carbocycles. The van der Waals surface area contributed by atoms with Crippen molar-refractivity contribution in [3.63, 3.8) is 0 Å². The van der Waals surface area contributed by atoms with Crippen molar-refractivity contribution in [3.8, 4) is 0 Å². The number of rotatable bonds is 5. The van der Waals surface area contributed by atoms with Gasteiger partial charge in [-0.3, -0.25) is 4.79 Å². The highest BCUT2D eigenvalue weighted by Gasteiger charge is 2.11. The minimum atomic E-state index is -2.99. The average Bonchev–Trinajstić information content (AvgIpc) is 2.19. The first-order valence-corrected chi connectivity index (χ1v) is 8.89. The minimum absolute atomic E-state index is 0.0287. The standard InChI is InChI=1S/C11H12BrIO3S/c1-17(15,16)6-2-3-11(14)9-7-8(13)4-5-10(9)12/h4-5,7H,2-3,6H2,1H3. The molecule has 0 atom stereocenters. The summed E-state index contributed by atoms with van der Waals surface area (Å²) in [7, 11) is -2.99. The highest BCUT2D eigenvalue weighted by Crippen LogP contribution is 2.21. The van der Waals surface area contributed by atoms with Crippen LogP contribution in [0.5, 0.6) is 0 Å². The minimum Gasteiger partial charge on any atom is -0.294 e. The van der Waals surface area contributed by atoms with Crippen molar-refractivity contribution >= 4 is 54.1 Å². The molecule has 0 aliphatic carbocycles. The number of Topliss-reactive ketones (excluding diaryl/α,β-unsaturated/α-hetero) is 1. The fourth-order valence-corrected chi connectivity index (χ4v) is 2.97. The van der Waals surface area contributed by atoms with Gasteiger partial charge in [-0.2, -0.15) is 0 Å². The Morgan fingerprint density at radius 2 is 2.06 bits per heavy atom. The third-order valence-corrected chi connectivity index (χ3v) is 4.54. The lowest BCUT2D eigenvalue weighted by Crippen LogP contribution is -2.07. The lowest BCUT2D eigenvalue weighted by atomic mass is 10.1. The molecule has 0 saturated carbocycles. The summed E-state index contributed by atoms with van der Waals surface area (Å²) in [5, 5.41) is 0. The maximum Gasteiger partial charge on any atom is 0.164 e. The smallest absolute Gasteiger partial charge is 0.164 e. The fraction of sp³-hybridized carbons (Fsp3) is 0.364. The quantitative estimate of drug-likeness (QED) is 0.532. The van der Waals surface area contributed by atoms with Crippen molar-refractivity contribution in [3.05, 3.63) is 31.8 Å². The first kappa shape index (κ1) is 15.1. The third-order valence-electron chi connectivity index (χ3n) is 2.15. The van der Waals surface area contributed by atoms with Gasteiger partial charge in [0.05, 0.1) is 5.75 Å². The van der Waals surface area contributed by atoms with Gasteiger partial charge < -0.3 is 0 Å². The van der Waals surface area contributed by atoms with Crippen molar-refractivity contribution in [2.45, 2.75) is 12.8 Å². The zero-order valence-electron chi connectivity index (χ0n) is 9.24. The van der Waals surface area contributed by atoms with E-state index in [1.807, 2.05) is 12.1 Å². The summed E-state index contributed by atoms with van der Waals surface area (Å²) in [5.41, 5.74) is 0.616. The average molecular weight is 431 g/mol. The first-order valence-electron chi connectivity index (χ1n) is 4.95. The summed E-state index contributed by atoms with van der Waals surface area (Å²) >= 11 is 5.46. The van der Waals surface area contributed by atoms with E-state index in [1.54, 1.807) is 6.07 Å². The summed E-state index contributed by atoms with van der Waals surface area (Å²) in [6.07, 6.45) is 1.81. The predicted octanol–water partition coefficient (Wildman–Crippen LogP) is 3.06. The van der Waals surface area contributed by atoms with E-state index >= 15 is 0 Å². The molecular formula is C11H12BrIO3S. The largest absolute Gasteiger partial charge is 0.294 e. The molecule has 0 amide bonds. The van der Waals surface area contributed by atoms with Crippen molar-refractivity contribution < 1.29 is 13.2 Å². The Hall–Kier alpha value is 0.0500. The van der Waals surface area contributed by atoms with Gasteiger partial charge >= 0.3 is 0 Å². The second-order valence-corrected chi connectivity index (χ2v) is 8.14. The third kappa shape index (κ3) is 5.48. The van der Waals surface area contributed by atoms with E-state index in [-0.39, 0.29) is 18.0 Å². The molecule has 3 nitrogen and oxygen atoms in total. The van der Waals surface area contributed by atoms with Gasteiger partial charge in [0.2, 0.25) is 0 Å². The van der Waals surface area contributed by atoms with Crippen molar-refractivity contribution in [1.29, 1.82) is 0 Å². The molecule has 0 radical (unpaired) electrons. The number of sulfone groups is 1. The van der Waals surface area contributed by atoms with Crippen molar-refractivity contribution in [1.82, 2.24) is 0 Å². The van der Waals surface area contributed by atoms with Gasteiger partial charge in [-0.1, -0.05) is 15.9 Å². The second-order valence-electron chi connectivity index (χ2n) is 3.78. The van der Waals surface area contributed by atoms with Gasteiger partial charge in [-0.15, -0.1) is 0 Å². The Labute approximate surface area is 123 Å². The van der Waals surface area contributed by atoms with Crippen molar-refractivity contribution in [2.24, 2.45) is 0 Å². The molecule has 0 aliphatic rings. The molecule has 0 aliphatic heterocycles. The molecule has 0 aromatic heterocycles. The van der Waals surface area contributed by atoms with Gasteiger partial charge in [0, 0.05) is 26.3 Å². The van der Waals surface area contributed by atoms with Crippen molar-refractivity contribution in [2.75, 3.05) is 12.0 Å². The van der Waals surface area contributed by atoms with Gasteiger partial charge in [-0.05, 0) is 47.2 Å². The lowest BCUT2D eigenvalue weighted by molar-refractivity contribution is 0.0981. The molecule has 94 valence electrons.